The number of aromatic nitrogens is 2. The lowest BCUT2D eigenvalue weighted by Gasteiger charge is -2.29. The quantitative estimate of drug-likeness (QED) is 0.860. The summed E-state index contributed by atoms with van der Waals surface area (Å²) in [5.41, 5.74) is -0.0715. The molecule has 2 saturated heterocycles. The molecule has 1 N–H and O–H groups in total. The normalized spacial score (nSPS) is 26.2. The molecule has 7 heteroatoms. The highest BCUT2D eigenvalue weighted by Gasteiger charge is 2.40. The number of aromatic amines is 1. The molecule has 7 nitrogen and oxygen atoms in total. The Kier molecular flexibility index (Phi) is 4.54. The fourth-order valence-corrected chi connectivity index (χ4v) is 4.50. The van der Waals surface area contributed by atoms with Gasteiger partial charge in [-0.05, 0) is 44.4 Å². The van der Waals surface area contributed by atoms with E-state index in [2.05, 4.69) is 14.9 Å². The van der Waals surface area contributed by atoms with Crippen molar-refractivity contribution >= 4 is 11.8 Å². The molecule has 0 aromatic carbocycles. The molecular formula is C19H26N4O3. The number of hydrogen-bond donors (Lipinski definition) is 1. The van der Waals surface area contributed by atoms with Crippen molar-refractivity contribution in [2.24, 2.45) is 17.8 Å². The van der Waals surface area contributed by atoms with E-state index in [-0.39, 0.29) is 23.1 Å². The predicted molar refractivity (Wildman–Crippen MR) is 95.6 cm³/mol. The van der Waals surface area contributed by atoms with Crippen molar-refractivity contribution in [2.75, 3.05) is 26.2 Å². The molecule has 2 aliphatic heterocycles. The van der Waals surface area contributed by atoms with Gasteiger partial charge < -0.3 is 14.8 Å². The van der Waals surface area contributed by atoms with Crippen molar-refractivity contribution in [1.82, 2.24) is 19.8 Å². The lowest BCUT2D eigenvalue weighted by atomic mass is 9.84. The maximum atomic E-state index is 12.7. The Morgan fingerprint density at radius 1 is 1.08 bits per heavy atom. The standard InChI is InChI=1S/C19H26N4O3/c1-12-20-16(9-17(24)21-12)19(26)22-7-5-14-10-23(11-15(14)6-8-22)18(25)13-3-2-4-13/h9,13-15H,2-8,10-11H2,1H3,(H,20,21,24)/t14-,15+. The number of carbonyl (C=O) groups excluding carboxylic acids is 2. The summed E-state index contributed by atoms with van der Waals surface area (Å²) in [7, 11) is 0. The van der Waals surface area contributed by atoms with Gasteiger partial charge >= 0.3 is 0 Å². The Hall–Kier alpha value is -2.18. The van der Waals surface area contributed by atoms with Crippen LogP contribution in [0.5, 0.6) is 0 Å². The van der Waals surface area contributed by atoms with Crippen molar-refractivity contribution in [3.8, 4) is 0 Å². The van der Waals surface area contributed by atoms with Gasteiger partial charge in [0.25, 0.3) is 11.5 Å². The van der Waals surface area contributed by atoms with E-state index in [4.69, 9.17) is 0 Å². The first-order chi connectivity index (χ1) is 12.5. The van der Waals surface area contributed by atoms with E-state index >= 15 is 0 Å². The second-order valence-corrected chi connectivity index (χ2v) is 7.98. The number of nitrogens with zero attached hydrogens (tertiary/aromatic N) is 3. The molecule has 1 saturated carbocycles. The second-order valence-electron chi connectivity index (χ2n) is 7.98. The zero-order chi connectivity index (χ0) is 18.3. The molecule has 0 spiro atoms. The lowest BCUT2D eigenvalue weighted by molar-refractivity contribution is -0.137. The molecule has 2 amide bonds. The van der Waals surface area contributed by atoms with Gasteiger partial charge in [0.15, 0.2) is 0 Å². The van der Waals surface area contributed by atoms with E-state index < -0.39 is 0 Å². The smallest absolute Gasteiger partial charge is 0.272 e. The largest absolute Gasteiger partial charge is 0.342 e. The highest BCUT2D eigenvalue weighted by atomic mass is 16.2. The molecule has 26 heavy (non-hydrogen) atoms. The fourth-order valence-electron chi connectivity index (χ4n) is 4.50. The van der Waals surface area contributed by atoms with Crippen LogP contribution in [0.15, 0.2) is 10.9 Å². The summed E-state index contributed by atoms with van der Waals surface area (Å²) in [4.78, 5) is 47.5. The highest BCUT2D eigenvalue weighted by Crippen LogP contribution is 2.35. The Balaban J connectivity index is 1.39. The van der Waals surface area contributed by atoms with Gasteiger partial charge in [0.2, 0.25) is 5.91 Å². The SMILES string of the molecule is Cc1nc(C(=O)N2CC[C@@H]3CN(C(=O)C4CCC4)C[C@@H]3CC2)cc(=O)[nH]1. The molecule has 0 radical (unpaired) electrons. The number of hydrogen-bond acceptors (Lipinski definition) is 4. The molecular weight excluding hydrogens is 332 g/mol. The molecule has 140 valence electrons. The third-order valence-electron chi connectivity index (χ3n) is 6.25. The van der Waals surface area contributed by atoms with E-state index in [1.54, 1.807) is 6.92 Å². The number of amides is 2. The van der Waals surface area contributed by atoms with Crippen molar-refractivity contribution in [2.45, 2.75) is 39.0 Å². The number of likely N-dealkylation sites (tertiary alicyclic amines) is 2. The maximum Gasteiger partial charge on any atom is 0.272 e. The van der Waals surface area contributed by atoms with Crippen LogP contribution in [-0.4, -0.2) is 57.8 Å². The van der Waals surface area contributed by atoms with Gasteiger partial charge in [-0.1, -0.05) is 6.42 Å². The Morgan fingerprint density at radius 2 is 1.73 bits per heavy atom. The van der Waals surface area contributed by atoms with E-state index in [1.807, 2.05) is 4.90 Å². The van der Waals surface area contributed by atoms with Crippen LogP contribution < -0.4 is 5.56 Å². The number of nitrogens with one attached hydrogen (secondary N) is 1. The molecule has 1 aromatic heterocycles. The van der Waals surface area contributed by atoms with Crippen LogP contribution in [0.25, 0.3) is 0 Å². The summed E-state index contributed by atoms with van der Waals surface area (Å²) < 4.78 is 0. The van der Waals surface area contributed by atoms with Crippen LogP contribution in [-0.2, 0) is 4.79 Å². The zero-order valence-corrected chi connectivity index (χ0v) is 15.2. The van der Waals surface area contributed by atoms with Crippen LogP contribution in [0.3, 0.4) is 0 Å². The third-order valence-corrected chi connectivity index (χ3v) is 6.25. The Bertz CT molecular complexity index is 754. The molecule has 3 fully saturated rings. The summed E-state index contributed by atoms with van der Waals surface area (Å²) in [6.07, 6.45) is 5.11. The fraction of sp³-hybridized carbons (Fsp3) is 0.684. The van der Waals surface area contributed by atoms with Crippen LogP contribution in [0.4, 0.5) is 0 Å². The molecule has 1 aromatic rings. The Labute approximate surface area is 152 Å². The first kappa shape index (κ1) is 17.2. The van der Waals surface area contributed by atoms with E-state index in [0.29, 0.717) is 36.7 Å². The van der Waals surface area contributed by atoms with E-state index in [0.717, 1.165) is 38.8 Å². The van der Waals surface area contributed by atoms with Crippen LogP contribution in [0.2, 0.25) is 0 Å². The zero-order valence-electron chi connectivity index (χ0n) is 15.2. The van der Waals surface area contributed by atoms with E-state index in [9.17, 15) is 14.4 Å². The van der Waals surface area contributed by atoms with Crippen molar-refractivity contribution < 1.29 is 9.59 Å². The van der Waals surface area contributed by atoms with Crippen LogP contribution in [0.1, 0.15) is 48.4 Å². The second kappa shape index (κ2) is 6.85. The molecule has 4 rings (SSSR count). The van der Waals surface area contributed by atoms with Crippen LogP contribution in [0, 0.1) is 24.7 Å². The summed E-state index contributed by atoms with van der Waals surface area (Å²) in [6.45, 7) is 4.69. The van der Waals surface area contributed by atoms with Gasteiger partial charge in [-0.15, -0.1) is 0 Å². The van der Waals surface area contributed by atoms with Gasteiger partial charge in [-0.2, -0.15) is 0 Å². The molecule has 3 aliphatic rings. The minimum atomic E-state index is -0.294. The van der Waals surface area contributed by atoms with Gasteiger partial charge in [-0.3, -0.25) is 14.4 Å². The summed E-state index contributed by atoms with van der Waals surface area (Å²) >= 11 is 0. The molecule has 3 heterocycles. The molecule has 0 unspecified atom stereocenters. The minimum absolute atomic E-state index is 0.165. The van der Waals surface area contributed by atoms with Gasteiger partial charge in [0.1, 0.15) is 11.5 Å². The average molecular weight is 358 g/mol. The first-order valence-corrected chi connectivity index (χ1v) is 9.67. The molecule has 0 bridgehead atoms. The third kappa shape index (κ3) is 3.27. The number of carbonyl (C=O) groups is 2. The van der Waals surface area contributed by atoms with E-state index in [1.165, 1.54) is 12.5 Å². The number of aryl methyl sites for hydroxylation is 1. The van der Waals surface area contributed by atoms with Crippen molar-refractivity contribution in [3.63, 3.8) is 0 Å². The number of H-pyrrole nitrogens is 1. The summed E-state index contributed by atoms with van der Waals surface area (Å²) in [6, 6.07) is 1.28. The minimum Gasteiger partial charge on any atom is -0.342 e. The topological polar surface area (TPSA) is 86.4 Å². The number of fused-ring (bicyclic) bond motifs is 1. The lowest BCUT2D eigenvalue weighted by Crippen LogP contribution is -2.38. The first-order valence-electron chi connectivity index (χ1n) is 9.67. The molecule has 2 atom stereocenters. The van der Waals surface area contributed by atoms with Crippen molar-refractivity contribution in [1.29, 1.82) is 0 Å². The van der Waals surface area contributed by atoms with Gasteiger partial charge in [0.05, 0.1) is 0 Å². The number of rotatable bonds is 2. The van der Waals surface area contributed by atoms with Gasteiger partial charge in [0, 0.05) is 38.2 Å². The van der Waals surface area contributed by atoms with Crippen molar-refractivity contribution in [3.05, 3.63) is 27.9 Å². The predicted octanol–water partition coefficient (Wildman–Crippen LogP) is 1.19. The highest BCUT2D eigenvalue weighted by molar-refractivity contribution is 5.92. The van der Waals surface area contributed by atoms with Crippen LogP contribution >= 0.6 is 0 Å². The monoisotopic (exact) mass is 358 g/mol. The maximum absolute atomic E-state index is 12.7. The average Bonchev–Trinajstić information content (AvgIpc) is 2.85. The van der Waals surface area contributed by atoms with Gasteiger partial charge in [-0.25, -0.2) is 4.98 Å². The summed E-state index contributed by atoms with van der Waals surface area (Å²) in [5.74, 6) is 1.86. The molecule has 1 aliphatic carbocycles. The Morgan fingerprint density at radius 3 is 2.27 bits per heavy atom. The summed E-state index contributed by atoms with van der Waals surface area (Å²) in [5, 5.41) is 0.